The largest absolute Gasteiger partial charge is 0.394 e. The Morgan fingerprint density at radius 1 is 1.37 bits per heavy atom. The lowest BCUT2D eigenvalue weighted by molar-refractivity contribution is 0.266. The number of aliphatic hydroxyl groups excluding tert-OH is 1. The van der Waals surface area contributed by atoms with Gasteiger partial charge in [-0.15, -0.1) is 0 Å². The molecule has 0 saturated carbocycles. The summed E-state index contributed by atoms with van der Waals surface area (Å²) in [7, 11) is 0. The van der Waals surface area contributed by atoms with E-state index < -0.39 is 0 Å². The summed E-state index contributed by atoms with van der Waals surface area (Å²) in [5, 5.41) is 9.98. The van der Waals surface area contributed by atoms with Gasteiger partial charge in [0.05, 0.1) is 12.6 Å². The lowest BCUT2D eigenvalue weighted by Crippen LogP contribution is -2.34. The quantitative estimate of drug-likeness (QED) is 0.848. The topological polar surface area (TPSA) is 49.2 Å². The second kappa shape index (κ2) is 5.25. The van der Waals surface area contributed by atoms with Crippen molar-refractivity contribution in [2.24, 2.45) is 0 Å². The van der Waals surface area contributed by atoms with Crippen molar-refractivity contribution in [2.75, 3.05) is 18.1 Å². The fourth-order valence-electron chi connectivity index (χ4n) is 2.40. The average molecular weight is 284 g/mol. The second-order valence-corrected chi connectivity index (χ2v) is 6.57. The zero-order valence-corrected chi connectivity index (χ0v) is 12.8. The van der Waals surface area contributed by atoms with Crippen LogP contribution in [0.4, 0.5) is 5.82 Å². The molecule has 1 aromatic rings. The first-order valence-corrected chi connectivity index (χ1v) is 7.14. The summed E-state index contributed by atoms with van der Waals surface area (Å²) in [5.41, 5.74) is 0.760. The van der Waals surface area contributed by atoms with Crippen LogP contribution >= 0.6 is 11.6 Å². The second-order valence-electron chi connectivity index (χ2n) is 6.21. The molecular weight excluding hydrogens is 262 g/mol. The first-order valence-electron chi connectivity index (χ1n) is 6.76. The Morgan fingerprint density at radius 2 is 2.05 bits per heavy atom. The van der Waals surface area contributed by atoms with E-state index in [9.17, 15) is 5.11 Å². The van der Waals surface area contributed by atoms with E-state index in [1.54, 1.807) is 0 Å². The Morgan fingerprint density at radius 3 is 2.63 bits per heavy atom. The molecule has 106 valence electrons. The Labute approximate surface area is 119 Å². The fourth-order valence-corrected chi connectivity index (χ4v) is 2.56. The van der Waals surface area contributed by atoms with Crippen LogP contribution in [0.15, 0.2) is 0 Å². The SMILES string of the molecule is Cc1c(Cl)nc(C(C)(C)C)nc1N1CCCC1CO. The molecule has 1 N–H and O–H groups in total. The highest BCUT2D eigenvalue weighted by atomic mass is 35.5. The number of rotatable bonds is 2. The molecule has 2 heterocycles. The third-order valence-corrected chi connectivity index (χ3v) is 3.96. The van der Waals surface area contributed by atoms with Crippen molar-refractivity contribution in [3.05, 3.63) is 16.5 Å². The molecule has 1 aliphatic heterocycles. The number of aliphatic hydroxyl groups is 1. The van der Waals surface area contributed by atoms with E-state index in [1.165, 1.54) is 0 Å². The maximum Gasteiger partial charge on any atom is 0.137 e. The molecule has 1 aromatic heterocycles. The highest BCUT2D eigenvalue weighted by Crippen LogP contribution is 2.32. The predicted octanol–water partition coefficient (Wildman–Crippen LogP) is 2.70. The minimum atomic E-state index is -0.138. The van der Waals surface area contributed by atoms with Crippen LogP contribution in [0.3, 0.4) is 0 Å². The van der Waals surface area contributed by atoms with Gasteiger partial charge in [-0.05, 0) is 19.8 Å². The predicted molar refractivity (Wildman–Crippen MR) is 77.9 cm³/mol. The molecule has 1 aliphatic rings. The van der Waals surface area contributed by atoms with Crippen molar-refractivity contribution < 1.29 is 5.11 Å². The summed E-state index contributed by atoms with van der Waals surface area (Å²) >= 11 is 6.25. The van der Waals surface area contributed by atoms with Crippen LogP contribution in [0.2, 0.25) is 5.15 Å². The van der Waals surface area contributed by atoms with Crippen molar-refractivity contribution in [2.45, 2.75) is 52.0 Å². The van der Waals surface area contributed by atoms with E-state index in [0.29, 0.717) is 5.15 Å². The van der Waals surface area contributed by atoms with Gasteiger partial charge in [-0.25, -0.2) is 9.97 Å². The number of hydrogen-bond donors (Lipinski definition) is 1. The number of hydrogen-bond acceptors (Lipinski definition) is 4. The van der Waals surface area contributed by atoms with Crippen molar-refractivity contribution >= 4 is 17.4 Å². The maximum absolute atomic E-state index is 9.47. The van der Waals surface area contributed by atoms with Gasteiger partial charge in [0, 0.05) is 17.5 Å². The number of halogens is 1. The molecule has 1 saturated heterocycles. The first kappa shape index (κ1) is 14.5. The average Bonchev–Trinajstić information content (AvgIpc) is 2.79. The molecule has 0 aliphatic carbocycles. The van der Waals surface area contributed by atoms with Crippen molar-refractivity contribution in [1.82, 2.24) is 9.97 Å². The van der Waals surface area contributed by atoms with E-state index in [-0.39, 0.29) is 18.1 Å². The fraction of sp³-hybridized carbons (Fsp3) is 0.714. The molecule has 1 fully saturated rings. The molecule has 0 amide bonds. The van der Waals surface area contributed by atoms with Gasteiger partial charge in [-0.2, -0.15) is 0 Å². The molecule has 1 unspecified atom stereocenters. The minimum absolute atomic E-state index is 0.138. The minimum Gasteiger partial charge on any atom is -0.394 e. The lowest BCUT2D eigenvalue weighted by Gasteiger charge is -2.28. The highest BCUT2D eigenvalue weighted by molar-refractivity contribution is 6.30. The monoisotopic (exact) mass is 283 g/mol. The lowest BCUT2D eigenvalue weighted by atomic mass is 9.95. The molecular formula is C14H22ClN3O. The first-order chi connectivity index (χ1) is 8.84. The van der Waals surface area contributed by atoms with Crippen LogP contribution in [0, 0.1) is 6.92 Å². The normalized spacial score (nSPS) is 20.1. The van der Waals surface area contributed by atoms with E-state index in [0.717, 1.165) is 36.6 Å². The Hall–Kier alpha value is -0.870. The van der Waals surface area contributed by atoms with Gasteiger partial charge in [-0.1, -0.05) is 32.4 Å². The molecule has 0 radical (unpaired) electrons. The molecule has 4 nitrogen and oxygen atoms in total. The molecule has 0 bridgehead atoms. The number of nitrogens with zero attached hydrogens (tertiary/aromatic N) is 3. The van der Waals surface area contributed by atoms with E-state index in [2.05, 4.69) is 30.7 Å². The zero-order valence-electron chi connectivity index (χ0n) is 12.1. The molecule has 5 heteroatoms. The summed E-state index contributed by atoms with van der Waals surface area (Å²) in [6.45, 7) is 9.24. The summed E-state index contributed by atoms with van der Waals surface area (Å²) in [5.74, 6) is 1.63. The van der Waals surface area contributed by atoms with Crippen LogP contribution in [0.1, 0.15) is 45.0 Å². The summed E-state index contributed by atoms with van der Waals surface area (Å²) in [6, 6.07) is 0.150. The number of aromatic nitrogens is 2. The molecule has 1 atom stereocenters. The van der Waals surface area contributed by atoms with Gasteiger partial charge < -0.3 is 10.0 Å². The standard InChI is InChI=1S/C14H22ClN3O/c1-9-11(15)16-13(14(2,3)4)17-12(9)18-7-5-6-10(18)8-19/h10,19H,5-8H2,1-4H3. The number of anilines is 1. The molecule has 2 rings (SSSR count). The van der Waals surface area contributed by atoms with E-state index in [4.69, 9.17) is 16.6 Å². The summed E-state index contributed by atoms with van der Waals surface area (Å²) in [4.78, 5) is 11.3. The summed E-state index contributed by atoms with van der Waals surface area (Å²) in [6.07, 6.45) is 2.08. The third kappa shape index (κ3) is 2.84. The van der Waals surface area contributed by atoms with Crippen molar-refractivity contribution in [3.8, 4) is 0 Å². The van der Waals surface area contributed by atoms with Crippen molar-refractivity contribution in [1.29, 1.82) is 0 Å². The summed E-state index contributed by atoms with van der Waals surface area (Å²) < 4.78 is 0. The van der Waals surface area contributed by atoms with Crippen LogP contribution in [0.25, 0.3) is 0 Å². The van der Waals surface area contributed by atoms with Crippen LogP contribution in [-0.2, 0) is 5.41 Å². The molecule has 0 spiro atoms. The van der Waals surface area contributed by atoms with E-state index in [1.807, 2.05) is 6.92 Å². The van der Waals surface area contributed by atoms with Gasteiger partial charge >= 0.3 is 0 Å². The Bertz CT molecular complexity index is 470. The molecule has 19 heavy (non-hydrogen) atoms. The molecule has 0 aromatic carbocycles. The van der Waals surface area contributed by atoms with Gasteiger partial charge in [-0.3, -0.25) is 0 Å². The van der Waals surface area contributed by atoms with Crippen molar-refractivity contribution in [3.63, 3.8) is 0 Å². The van der Waals surface area contributed by atoms with Crippen LogP contribution in [0.5, 0.6) is 0 Å². The van der Waals surface area contributed by atoms with Gasteiger partial charge in [0.2, 0.25) is 0 Å². The zero-order chi connectivity index (χ0) is 14.2. The van der Waals surface area contributed by atoms with Gasteiger partial charge in [0.15, 0.2) is 0 Å². The third-order valence-electron chi connectivity index (χ3n) is 3.59. The Kier molecular flexibility index (Phi) is 4.02. The van der Waals surface area contributed by atoms with Crippen LogP contribution < -0.4 is 4.90 Å². The van der Waals surface area contributed by atoms with Gasteiger partial charge in [0.1, 0.15) is 16.8 Å². The van der Waals surface area contributed by atoms with Crippen LogP contribution in [-0.4, -0.2) is 34.3 Å². The smallest absolute Gasteiger partial charge is 0.137 e. The van der Waals surface area contributed by atoms with Gasteiger partial charge in [0.25, 0.3) is 0 Å². The van der Waals surface area contributed by atoms with E-state index >= 15 is 0 Å². The Balaban J connectivity index is 2.47. The maximum atomic E-state index is 9.47. The highest BCUT2D eigenvalue weighted by Gasteiger charge is 2.29.